The lowest BCUT2D eigenvalue weighted by Crippen LogP contribution is -2.04. The van der Waals surface area contributed by atoms with Crippen molar-refractivity contribution in [2.75, 3.05) is 6.61 Å². The number of carbonyl (C=O) groups is 1. The molecule has 1 aromatic rings. The standard InChI is InChI=1S/C19H30O2/c1-3-5-6-7-8-9-10-13-16-21-19-15-12-11-14-17(19)18(20)4-2/h11-12,14-15H,3-10,13,16H2,1-2H3. The molecule has 0 saturated carbocycles. The fraction of sp³-hybridized carbons (Fsp3) is 0.632. The van der Waals surface area contributed by atoms with Gasteiger partial charge in [-0.15, -0.1) is 0 Å². The minimum atomic E-state index is 0.154. The minimum absolute atomic E-state index is 0.154. The summed E-state index contributed by atoms with van der Waals surface area (Å²) in [5.74, 6) is 0.897. The smallest absolute Gasteiger partial charge is 0.166 e. The number of hydrogen-bond donors (Lipinski definition) is 0. The van der Waals surface area contributed by atoms with Crippen LogP contribution < -0.4 is 4.74 Å². The van der Waals surface area contributed by atoms with Crippen molar-refractivity contribution in [2.24, 2.45) is 0 Å². The Labute approximate surface area is 129 Å². The van der Waals surface area contributed by atoms with Crippen molar-refractivity contribution in [2.45, 2.75) is 71.6 Å². The highest BCUT2D eigenvalue weighted by Gasteiger charge is 2.09. The molecule has 0 N–H and O–H groups in total. The van der Waals surface area contributed by atoms with Gasteiger partial charge in [-0.25, -0.2) is 0 Å². The maximum absolute atomic E-state index is 11.8. The monoisotopic (exact) mass is 290 g/mol. The van der Waals surface area contributed by atoms with Crippen molar-refractivity contribution < 1.29 is 9.53 Å². The van der Waals surface area contributed by atoms with Crippen LogP contribution in [0, 0.1) is 0 Å². The molecule has 0 heterocycles. The Balaban J connectivity index is 2.17. The van der Waals surface area contributed by atoms with Gasteiger partial charge in [0.15, 0.2) is 5.78 Å². The number of ether oxygens (including phenoxy) is 1. The van der Waals surface area contributed by atoms with E-state index in [0.29, 0.717) is 13.0 Å². The first-order chi connectivity index (χ1) is 10.3. The molecule has 0 unspecified atom stereocenters. The molecule has 0 aromatic heterocycles. The van der Waals surface area contributed by atoms with Crippen LogP contribution in [0.4, 0.5) is 0 Å². The quantitative estimate of drug-likeness (QED) is 0.359. The molecule has 2 nitrogen and oxygen atoms in total. The van der Waals surface area contributed by atoms with E-state index in [1.807, 2.05) is 31.2 Å². The van der Waals surface area contributed by atoms with E-state index in [4.69, 9.17) is 4.74 Å². The van der Waals surface area contributed by atoms with Crippen LogP contribution in [-0.4, -0.2) is 12.4 Å². The lowest BCUT2D eigenvalue weighted by molar-refractivity contribution is 0.0984. The number of benzene rings is 1. The van der Waals surface area contributed by atoms with Gasteiger partial charge in [0.1, 0.15) is 5.75 Å². The molecule has 0 aliphatic carbocycles. The van der Waals surface area contributed by atoms with Crippen LogP contribution in [-0.2, 0) is 0 Å². The third kappa shape index (κ3) is 7.31. The van der Waals surface area contributed by atoms with E-state index in [-0.39, 0.29) is 5.78 Å². The third-order valence-electron chi connectivity index (χ3n) is 3.76. The largest absolute Gasteiger partial charge is 0.493 e. The van der Waals surface area contributed by atoms with E-state index >= 15 is 0 Å². The van der Waals surface area contributed by atoms with Crippen LogP contribution in [0.15, 0.2) is 24.3 Å². The van der Waals surface area contributed by atoms with Crippen molar-refractivity contribution in [1.82, 2.24) is 0 Å². The molecule has 0 saturated heterocycles. The molecular weight excluding hydrogens is 260 g/mol. The van der Waals surface area contributed by atoms with Gasteiger partial charge in [0.25, 0.3) is 0 Å². The summed E-state index contributed by atoms with van der Waals surface area (Å²) in [5, 5.41) is 0. The Morgan fingerprint density at radius 1 is 0.905 bits per heavy atom. The molecule has 0 atom stereocenters. The highest BCUT2D eigenvalue weighted by atomic mass is 16.5. The summed E-state index contributed by atoms with van der Waals surface area (Å²) in [5.41, 5.74) is 0.722. The Morgan fingerprint density at radius 2 is 1.52 bits per heavy atom. The average Bonchev–Trinajstić information content (AvgIpc) is 2.53. The summed E-state index contributed by atoms with van der Waals surface area (Å²) in [6.07, 6.45) is 10.9. The molecule has 0 fully saturated rings. The van der Waals surface area contributed by atoms with Crippen LogP contribution >= 0.6 is 0 Å². The molecule has 0 amide bonds. The van der Waals surface area contributed by atoms with Gasteiger partial charge in [-0.05, 0) is 18.6 Å². The van der Waals surface area contributed by atoms with Crippen LogP contribution in [0.1, 0.15) is 82.0 Å². The summed E-state index contributed by atoms with van der Waals surface area (Å²) < 4.78 is 5.78. The summed E-state index contributed by atoms with van der Waals surface area (Å²) in [7, 11) is 0. The van der Waals surface area contributed by atoms with Gasteiger partial charge in [-0.1, -0.05) is 70.9 Å². The molecule has 118 valence electrons. The fourth-order valence-electron chi connectivity index (χ4n) is 2.43. The van der Waals surface area contributed by atoms with E-state index in [0.717, 1.165) is 17.7 Å². The van der Waals surface area contributed by atoms with Gasteiger partial charge in [0.05, 0.1) is 12.2 Å². The van der Waals surface area contributed by atoms with Gasteiger partial charge in [-0.3, -0.25) is 4.79 Å². The van der Waals surface area contributed by atoms with E-state index in [1.54, 1.807) is 0 Å². The van der Waals surface area contributed by atoms with Gasteiger partial charge in [-0.2, -0.15) is 0 Å². The molecule has 0 spiro atoms. The van der Waals surface area contributed by atoms with Crippen LogP contribution in [0.2, 0.25) is 0 Å². The Bertz CT molecular complexity index is 398. The summed E-state index contributed by atoms with van der Waals surface area (Å²) in [6, 6.07) is 7.57. The van der Waals surface area contributed by atoms with Crippen molar-refractivity contribution in [3.05, 3.63) is 29.8 Å². The maximum atomic E-state index is 11.8. The summed E-state index contributed by atoms with van der Waals surface area (Å²) in [6.45, 7) is 4.85. The van der Waals surface area contributed by atoms with Crippen LogP contribution in [0.5, 0.6) is 5.75 Å². The first-order valence-corrected chi connectivity index (χ1v) is 8.54. The number of hydrogen-bond acceptors (Lipinski definition) is 2. The molecule has 21 heavy (non-hydrogen) atoms. The van der Waals surface area contributed by atoms with E-state index in [2.05, 4.69) is 6.92 Å². The van der Waals surface area contributed by atoms with E-state index in [9.17, 15) is 4.79 Å². The van der Waals surface area contributed by atoms with Crippen molar-refractivity contribution in [1.29, 1.82) is 0 Å². The first-order valence-electron chi connectivity index (χ1n) is 8.54. The SMILES string of the molecule is CCCCCCCCCCOc1ccccc1C(=O)CC. The second-order valence-corrected chi connectivity index (χ2v) is 5.60. The molecule has 0 radical (unpaired) electrons. The maximum Gasteiger partial charge on any atom is 0.166 e. The molecular formula is C19H30O2. The van der Waals surface area contributed by atoms with Crippen molar-refractivity contribution in [3.8, 4) is 5.75 Å². The average molecular weight is 290 g/mol. The molecule has 0 aliphatic rings. The lowest BCUT2D eigenvalue weighted by atomic mass is 10.1. The minimum Gasteiger partial charge on any atom is -0.493 e. The zero-order valence-electron chi connectivity index (χ0n) is 13.7. The lowest BCUT2D eigenvalue weighted by Gasteiger charge is -2.10. The first kappa shape index (κ1) is 17.7. The molecule has 0 bridgehead atoms. The Kier molecular flexibility index (Phi) is 9.60. The molecule has 1 rings (SSSR count). The van der Waals surface area contributed by atoms with Crippen molar-refractivity contribution >= 4 is 5.78 Å². The topological polar surface area (TPSA) is 26.3 Å². The number of para-hydroxylation sites is 1. The highest BCUT2D eigenvalue weighted by Crippen LogP contribution is 2.20. The molecule has 0 aliphatic heterocycles. The third-order valence-corrected chi connectivity index (χ3v) is 3.76. The van der Waals surface area contributed by atoms with Gasteiger partial charge < -0.3 is 4.74 Å². The van der Waals surface area contributed by atoms with Gasteiger partial charge in [0, 0.05) is 6.42 Å². The summed E-state index contributed by atoms with van der Waals surface area (Å²) >= 11 is 0. The number of carbonyl (C=O) groups excluding carboxylic acids is 1. The fourth-order valence-corrected chi connectivity index (χ4v) is 2.43. The zero-order valence-corrected chi connectivity index (χ0v) is 13.7. The predicted molar refractivity (Wildman–Crippen MR) is 89.2 cm³/mol. The number of ketones is 1. The van der Waals surface area contributed by atoms with Crippen LogP contribution in [0.3, 0.4) is 0 Å². The Hall–Kier alpha value is -1.31. The van der Waals surface area contributed by atoms with Crippen LogP contribution in [0.25, 0.3) is 0 Å². The zero-order chi connectivity index (χ0) is 15.3. The predicted octanol–water partition coefficient (Wildman–Crippen LogP) is 5.80. The van der Waals surface area contributed by atoms with E-state index < -0.39 is 0 Å². The van der Waals surface area contributed by atoms with E-state index in [1.165, 1.54) is 44.9 Å². The number of Topliss-reactive ketones (excluding diaryl/α,β-unsaturated/α-hetero) is 1. The highest BCUT2D eigenvalue weighted by molar-refractivity contribution is 5.98. The molecule has 2 heteroatoms. The van der Waals surface area contributed by atoms with Gasteiger partial charge >= 0.3 is 0 Å². The van der Waals surface area contributed by atoms with Crippen molar-refractivity contribution in [3.63, 3.8) is 0 Å². The summed E-state index contributed by atoms with van der Waals surface area (Å²) in [4.78, 5) is 11.8. The second-order valence-electron chi connectivity index (χ2n) is 5.60. The second kappa shape index (κ2) is 11.4. The normalized spacial score (nSPS) is 10.6. The number of unbranched alkanes of at least 4 members (excludes halogenated alkanes) is 7. The molecule has 1 aromatic carbocycles. The number of rotatable bonds is 12. The Morgan fingerprint density at radius 3 is 2.19 bits per heavy atom. The van der Waals surface area contributed by atoms with Gasteiger partial charge in [0.2, 0.25) is 0 Å².